The van der Waals surface area contributed by atoms with E-state index in [9.17, 15) is 18.0 Å². The van der Waals surface area contributed by atoms with Crippen molar-refractivity contribution >= 4 is 5.78 Å². The van der Waals surface area contributed by atoms with Gasteiger partial charge in [0.1, 0.15) is 11.4 Å². The Kier molecular flexibility index (Phi) is 5.64. The molecule has 3 rings (SSSR count). The van der Waals surface area contributed by atoms with Crippen LogP contribution in [0.4, 0.5) is 13.2 Å². The molecule has 0 aromatic carbocycles. The van der Waals surface area contributed by atoms with Crippen LogP contribution in [0.15, 0.2) is 12.3 Å². The largest absolute Gasteiger partial charge is 0.484 e. The fourth-order valence-corrected chi connectivity index (χ4v) is 3.10. The van der Waals surface area contributed by atoms with Crippen molar-refractivity contribution in [3.05, 3.63) is 29.3 Å². The van der Waals surface area contributed by atoms with E-state index in [0.29, 0.717) is 11.4 Å². The molecule has 7 nitrogen and oxygen atoms in total. The Morgan fingerprint density at radius 2 is 2.00 bits per heavy atom. The third kappa shape index (κ3) is 5.51. The molecular formula is C19H24F3N5O2. The normalized spacial score (nSPS) is 16.0. The summed E-state index contributed by atoms with van der Waals surface area (Å²) in [6.45, 7) is 4.48. The predicted molar refractivity (Wildman–Crippen MR) is 97.7 cm³/mol. The van der Waals surface area contributed by atoms with Crippen LogP contribution in [0.3, 0.4) is 0 Å². The zero-order valence-corrected chi connectivity index (χ0v) is 16.8. The maximum Gasteiger partial charge on any atom is 0.422 e. The zero-order valence-electron chi connectivity index (χ0n) is 16.8. The van der Waals surface area contributed by atoms with Gasteiger partial charge < -0.3 is 4.74 Å². The van der Waals surface area contributed by atoms with Crippen LogP contribution in [-0.2, 0) is 7.05 Å². The average Bonchev–Trinajstić information content (AvgIpc) is 3.37. The van der Waals surface area contributed by atoms with Gasteiger partial charge in [-0.25, -0.2) is 0 Å². The average molecular weight is 411 g/mol. The number of halogens is 3. The summed E-state index contributed by atoms with van der Waals surface area (Å²) in [5, 5.41) is 12.1. The molecule has 0 radical (unpaired) electrons. The second-order valence-corrected chi connectivity index (χ2v) is 8.47. The summed E-state index contributed by atoms with van der Waals surface area (Å²) in [5.74, 6) is 0.0235. The van der Waals surface area contributed by atoms with Crippen molar-refractivity contribution in [3.63, 3.8) is 0 Å². The molecule has 1 atom stereocenters. The highest BCUT2D eigenvalue weighted by molar-refractivity contribution is 5.95. The molecule has 0 amide bonds. The van der Waals surface area contributed by atoms with Gasteiger partial charge in [-0.3, -0.25) is 9.78 Å². The van der Waals surface area contributed by atoms with Gasteiger partial charge in [-0.15, -0.1) is 10.2 Å². The number of ether oxygens (including phenoxy) is 1. The van der Waals surface area contributed by atoms with Gasteiger partial charge in [0.2, 0.25) is 0 Å². The molecule has 0 bridgehead atoms. The number of nitrogens with zero attached hydrogens (tertiary/aromatic N) is 5. The van der Waals surface area contributed by atoms with Crippen LogP contribution in [0, 0.1) is 5.41 Å². The molecule has 0 aliphatic heterocycles. The summed E-state index contributed by atoms with van der Waals surface area (Å²) >= 11 is 0. The van der Waals surface area contributed by atoms with Crippen molar-refractivity contribution in [2.75, 3.05) is 6.61 Å². The van der Waals surface area contributed by atoms with E-state index < -0.39 is 12.8 Å². The number of carbonyl (C=O) groups excluding carboxylic acids is 1. The van der Waals surface area contributed by atoms with Crippen molar-refractivity contribution in [1.82, 2.24) is 25.2 Å². The van der Waals surface area contributed by atoms with Crippen molar-refractivity contribution in [2.24, 2.45) is 12.5 Å². The highest BCUT2D eigenvalue weighted by atomic mass is 19.4. The van der Waals surface area contributed by atoms with Gasteiger partial charge in [0.25, 0.3) is 0 Å². The molecule has 158 valence electrons. The monoisotopic (exact) mass is 411 g/mol. The van der Waals surface area contributed by atoms with Crippen LogP contribution in [0.5, 0.6) is 5.75 Å². The zero-order chi connectivity index (χ0) is 21.4. The van der Waals surface area contributed by atoms with E-state index in [0.717, 1.165) is 12.8 Å². The van der Waals surface area contributed by atoms with E-state index in [-0.39, 0.29) is 40.9 Å². The fraction of sp³-hybridized carbons (Fsp3) is 0.632. The van der Waals surface area contributed by atoms with Gasteiger partial charge in [-0.2, -0.15) is 18.0 Å². The number of pyridine rings is 1. The van der Waals surface area contributed by atoms with Crippen molar-refractivity contribution in [1.29, 1.82) is 0 Å². The Labute approximate surface area is 166 Å². The smallest absolute Gasteiger partial charge is 0.422 e. The summed E-state index contributed by atoms with van der Waals surface area (Å²) in [6, 6.07) is 1.32. The highest BCUT2D eigenvalue weighted by Gasteiger charge is 2.35. The quantitative estimate of drug-likeness (QED) is 0.644. The number of ketones is 1. The van der Waals surface area contributed by atoms with Gasteiger partial charge in [0.15, 0.2) is 18.2 Å². The van der Waals surface area contributed by atoms with E-state index >= 15 is 0 Å². The SMILES string of the molecule is Cn1nnc(C(CC(=O)c2cc(OCC(F)(F)F)c(C3CC3)cn2)C(C)(C)C)n1. The van der Waals surface area contributed by atoms with Gasteiger partial charge in [0, 0.05) is 30.2 Å². The number of alkyl halides is 3. The Bertz CT molecular complexity index is 885. The van der Waals surface area contributed by atoms with E-state index in [1.807, 2.05) is 20.8 Å². The van der Waals surface area contributed by atoms with Crippen LogP contribution in [0.1, 0.15) is 73.7 Å². The molecule has 2 aromatic heterocycles. The number of rotatable bonds is 7. The molecule has 1 aliphatic rings. The molecule has 2 aromatic rings. The van der Waals surface area contributed by atoms with Crippen LogP contribution >= 0.6 is 0 Å². The molecule has 0 spiro atoms. The summed E-state index contributed by atoms with van der Waals surface area (Å²) < 4.78 is 42.8. The lowest BCUT2D eigenvalue weighted by molar-refractivity contribution is -0.153. The summed E-state index contributed by atoms with van der Waals surface area (Å²) in [5.41, 5.74) is 0.362. The molecule has 29 heavy (non-hydrogen) atoms. The number of tetrazole rings is 1. The van der Waals surface area contributed by atoms with Gasteiger partial charge in [0.05, 0.1) is 7.05 Å². The van der Waals surface area contributed by atoms with Crippen molar-refractivity contribution in [2.45, 2.75) is 58.0 Å². The number of hydrogen-bond donors (Lipinski definition) is 0. The molecule has 0 N–H and O–H groups in total. The van der Waals surface area contributed by atoms with Crippen molar-refractivity contribution < 1.29 is 22.7 Å². The Balaban J connectivity index is 1.83. The molecule has 1 fully saturated rings. The standard InChI is InChI=1S/C19H24F3N5O2/c1-18(2,3)13(17-24-26-27(4)25-17)7-15(28)14-8-16(29-10-19(20,21)22)12(9-23-14)11-5-6-11/h8-9,11,13H,5-7,10H2,1-4H3. The number of aryl methyl sites for hydroxylation is 1. The first kappa shape index (κ1) is 21.2. The summed E-state index contributed by atoms with van der Waals surface area (Å²) in [4.78, 5) is 18.4. The van der Waals surface area contributed by atoms with Crippen molar-refractivity contribution in [3.8, 4) is 5.75 Å². The number of Topliss-reactive ketones (excluding diaryl/α,β-unsaturated/α-hetero) is 1. The molecule has 1 unspecified atom stereocenters. The van der Waals surface area contributed by atoms with Crippen LogP contribution in [0.2, 0.25) is 0 Å². The predicted octanol–water partition coefficient (Wildman–Crippen LogP) is 3.83. The second-order valence-electron chi connectivity index (χ2n) is 8.47. The van der Waals surface area contributed by atoms with Gasteiger partial charge >= 0.3 is 6.18 Å². The number of aromatic nitrogens is 5. The number of hydrogen-bond acceptors (Lipinski definition) is 6. The molecular weight excluding hydrogens is 387 g/mol. The Morgan fingerprint density at radius 1 is 1.31 bits per heavy atom. The molecule has 10 heteroatoms. The molecule has 1 aliphatic carbocycles. The first-order valence-corrected chi connectivity index (χ1v) is 9.40. The fourth-order valence-electron chi connectivity index (χ4n) is 3.10. The highest BCUT2D eigenvalue weighted by Crippen LogP contribution is 2.44. The summed E-state index contributed by atoms with van der Waals surface area (Å²) in [6.07, 6.45) is -1.18. The van der Waals surface area contributed by atoms with Gasteiger partial charge in [-0.1, -0.05) is 20.8 Å². The third-order valence-electron chi connectivity index (χ3n) is 4.86. The van der Waals surface area contributed by atoms with E-state index in [4.69, 9.17) is 4.74 Å². The lowest BCUT2D eigenvalue weighted by Crippen LogP contribution is -2.24. The molecule has 1 saturated carbocycles. The molecule has 2 heterocycles. The lowest BCUT2D eigenvalue weighted by atomic mass is 9.77. The first-order valence-electron chi connectivity index (χ1n) is 9.40. The maximum atomic E-state index is 12.9. The number of carbonyl (C=O) groups is 1. The minimum absolute atomic E-state index is 0.0592. The first-order chi connectivity index (χ1) is 13.4. The second kappa shape index (κ2) is 7.72. The minimum atomic E-state index is -4.46. The van der Waals surface area contributed by atoms with E-state index in [2.05, 4.69) is 20.4 Å². The van der Waals surface area contributed by atoms with Crippen LogP contribution < -0.4 is 4.74 Å². The topological polar surface area (TPSA) is 82.8 Å². The van der Waals surface area contributed by atoms with Crippen LogP contribution in [-0.4, -0.2) is 43.8 Å². The third-order valence-corrected chi connectivity index (χ3v) is 4.86. The maximum absolute atomic E-state index is 12.9. The van der Waals surface area contributed by atoms with Crippen LogP contribution in [0.25, 0.3) is 0 Å². The van der Waals surface area contributed by atoms with E-state index in [1.54, 1.807) is 7.05 Å². The molecule has 0 saturated heterocycles. The minimum Gasteiger partial charge on any atom is -0.484 e. The van der Waals surface area contributed by atoms with E-state index in [1.165, 1.54) is 17.1 Å². The Morgan fingerprint density at radius 3 is 2.52 bits per heavy atom. The Hall–Kier alpha value is -2.52. The van der Waals surface area contributed by atoms with Gasteiger partial charge in [-0.05, 0) is 29.4 Å². The summed E-state index contributed by atoms with van der Waals surface area (Å²) in [7, 11) is 1.64. The lowest BCUT2D eigenvalue weighted by Gasteiger charge is -2.27.